The molecule has 20 heavy (non-hydrogen) atoms. The van der Waals surface area contributed by atoms with E-state index in [1.807, 2.05) is 0 Å². The van der Waals surface area contributed by atoms with Crippen LogP contribution in [-0.4, -0.2) is 41.6 Å². The predicted octanol–water partition coefficient (Wildman–Crippen LogP) is 2.62. The number of aryl methyl sites for hydroxylation is 1. The Kier molecular flexibility index (Phi) is 4.50. The number of anilines is 1. The molecule has 0 radical (unpaired) electrons. The zero-order chi connectivity index (χ0) is 14.8. The molecule has 1 aliphatic rings. The van der Waals surface area contributed by atoms with E-state index in [9.17, 15) is 13.2 Å². The number of alkyl halides is 3. The lowest BCUT2D eigenvalue weighted by molar-refractivity contribution is -0.143. The highest BCUT2D eigenvalue weighted by atomic mass is 32.1. The molecule has 0 spiro atoms. The molecular weight excluding hydrogens is 289 g/mol. The van der Waals surface area contributed by atoms with Gasteiger partial charge in [-0.25, -0.2) is 0 Å². The largest absolute Gasteiger partial charge is 0.401 e. The van der Waals surface area contributed by atoms with Crippen LogP contribution in [0.3, 0.4) is 0 Å². The third kappa shape index (κ3) is 3.84. The lowest BCUT2D eigenvalue weighted by Gasteiger charge is -2.18. The second-order valence-electron chi connectivity index (χ2n) is 4.97. The molecule has 0 aromatic carbocycles. The Balaban J connectivity index is 1.83. The first-order valence-electron chi connectivity index (χ1n) is 6.28. The van der Waals surface area contributed by atoms with Gasteiger partial charge in [0.15, 0.2) is 0 Å². The summed E-state index contributed by atoms with van der Waals surface area (Å²) >= 11 is 1.22. The van der Waals surface area contributed by atoms with Crippen molar-refractivity contribution in [2.45, 2.75) is 19.5 Å². The summed E-state index contributed by atoms with van der Waals surface area (Å²) in [5.74, 6) is 0.172. The summed E-state index contributed by atoms with van der Waals surface area (Å²) in [7, 11) is 0. The molecule has 8 heteroatoms. The van der Waals surface area contributed by atoms with E-state index in [4.69, 9.17) is 5.26 Å². The van der Waals surface area contributed by atoms with Crippen molar-refractivity contribution in [3.8, 4) is 6.07 Å². The Bertz CT molecular complexity index is 506. The van der Waals surface area contributed by atoms with Crippen LogP contribution < -0.4 is 5.32 Å². The molecule has 0 unspecified atom stereocenters. The first kappa shape index (κ1) is 15.1. The zero-order valence-corrected chi connectivity index (χ0v) is 11.8. The Labute approximate surface area is 119 Å². The molecule has 1 saturated heterocycles. The Morgan fingerprint density at radius 1 is 1.55 bits per heavy atom. The van der Waals surface area contributed by atoms with Crippen LogP contribution in [-0.2, 0) is 0 Å². The summed E-state index contributed by atoms with van der Waals surface area (Å²) < 4.78 is 41.0. The average molecular weight is 304 g/mol. The van der Waals surface area contributed by atoms with Crippen molar-refractivity contribution < 1.29 is 13.2 Å². The lowest BCUT2D eigenvalue weighted by atomic mass is 10.1. The molecule has 0 saturated carbocycles. The van der Waals surface area contributed by atoms with Crippen molar-refractivity contribution in [3.05, 3.63) is 11.3 Å². The maximum atomic E-state index is 12.3. The maximum absolute atomic E-state index is 12.3. The molecule has 110 valence electrons. The minimum absolute atomic E-state index is 0.172. The summed E-state index contributed by atoms with van der Waals surface area (Å²) in [6.45, 7) is 2.41. The van der Waals surface area contributed by atoms with Crippen molar-refractivity contribution in [1.82, 2.24) is 9.27 Å². The lowest BCUT2D eigenvalue weighted by Crippen LogP contribution is -2.33. The first-order chi connectivity index (χ1) is 9.39. The van der Waals surface area contributed by atoms with E-state index in [2.05, 4.69) is 15.8 Å². The van der Waals surface area contributed by atoms with Gasteiger partial charge in [-0.2, -0.15) is 22.8 Å². The van der Waals surface area contributed by atoms with E-state index in [1.54, 1.807) is 6.92 Å². The number of aromatic nitrogens is 1. The van der Waals surface area contributed by atoms with Crippen LogP contribution in [0.5, 0.6) is 0 Å². The molecule has 0 aliphatic carbocycles. The van der Waals surface area contributed by atoms with E-state index in [-0.39, 0.29) is 5.92 Å². The fourth-order valence-electron chi connectivity index (χ4n) is 2.34. The quantitative estimate of drug-likeness (QED) is 0.929. The Morgan fingerprint density at radius 3 is 2.95 bits per heavy atom. The number of hydrogen-bond acceptors (Lipinski definition) is 5. The first-order valence-corrected chi connectivity index (χ1v) is 7.05. The van der Waals surface area contributed by atoms with Gasteiger partial charge in [-0.05, 0) is 37.3 Å². The highest BCUT2D eigenvalue weighted by molar-refractivity contribution is 7.10. The minimum atomic E-state index is -4.13. The van der Waals surface area contributed by atoms with Crippen LogP contribution in [0.15, 0.2) is 0 Å². The number of halogens is 3. The highest BCUT2D eigenvalue weighted by Crippen LogP contribution is 2.26. The van der Waals surface area contributed by atoms with Crippen LogP contribution >= 0.6 is 11.5 Å². The van der Waals surface area contributed by atoms with Crippen LogP contribution in [0.4, 0.5) is 18.2 Å². The topological polar surface area (TPSA) is 52.0 Å². The van der Waals surface area contributed by atoms with Crippen molar-refractivity contribution in [2.75, 3.05) is 31.5 Å². The highest BCUT2D eigenvalue weighted by Gasteiger charge is 2.34. The van der Waals surface area contributed by atoms with Gasteiger partial charge in [-0.3, -0.25) is 4.90 Å². The molecule has 1 aliphatic heterocycles. The molecule has 1 aromatic rings. The van der Waals surface area contributed by atoms with Crippen LogP contribution in [0.25, 0.3) is 0 Å². The van der Waals surface area contributed by atoms with Crippen molar-refractivity contribution >= 4 is 16.5 Å². The number of nitriles is 1. The van der Waals surface area contributed by atoms with E-state index < -0.39 is 12.7 Å². The molecular formula is C12H15F3N4S. The van der Waals surface area contributed by atoms with Crippen molar-refractivity contribution in [3.63, 3.8) is 0 Å². The van der Waals surface area contributed by atoms with E-state index in [0.29, 0.717) is 35.9 Å². The zero-order valence-electron chi connectivity index (χ0n) is 11.0. The van der Waals surface area contributed by atoms with Gasteiger partial charge < -0.3 is 5.32 Å². The maximum Gasteiger partial charge on any atom is 0.401 e. The van der Waals surface area contributed by atoms with Gasteiger partial charge in [0.2, 0.25) is 0 Å². The van der Waals surface area contributed by atoms with Gasteiger partial charge in [0, 0.05) is 13.1 Å². The second kappa shape index (κ2) is 5.97. The third-order valence-electron chi connectivity index (χ3n) is 3.30. The predicted molar refractivity (Wildman–Crippen MR) is 70.7 cm³/mol. The normalized spacial score (nSPS) is 20.1. The van der Waals surface area contributed by atoms with Crippen molar-refractivity contribution in [2.24, 2.45) is 5.92 Å². The molecule has 0 bridgehead atoms. The minimum Gasteiger partial charge on any atom is -0.374 e. The summed E-state index contributed by atoms with van der Waals surface area (Å²) in [6.07, 6.45) is -3.40. The fourth-order valence-corrected chi connectivity index (χ4v) is 3.09. The van der Waals surface area contributed by atoms with E-state index >= 15 is 0 Å². The van der Waals surface area contributed by atoms with Gasteiger partial charge in [-0.1, -0.05) is 0 Å². The van der Waals surface area contributed by atoms with Crippen LogP contribution in [0, 0.1) is 24.2 Å². The smallest absolute Gasteiger partial charge is 0.374 e. The van der Waals surface area contributed by atoms with E-state index in [0.717, 1.165) is 6.42 Å². The van der Waals surface area contributed by atoms with Gasteiger partial charge >= 0.3 is 6.18 Å². The number of likely N-dealkylation sites (tertiary alicyclic amines) is 1. The van der Waals surface area contributed by atoms with Crippen molar-refractivity contribution in [1.29, 1.82) is 5.26 Å². The number of nitrogens with zero attached hydrogens (tertiary/aromatic N) is 3. The van der Waals surface area contributed by atoms with Gasteiger partial charge in [0.25, 0.3) is 0 Å². The SMILES string of the molecule is Cc1nsc(NC[C@H]2CCN(CC(F)(F)F)C2)c1C#N. The second-order valence-corrected chi connectivity index (χ2v) is 5.74. The summed E-state index contributed by atoms with van der Waals surface area (Å²) in [4.78, 5) is 1.43. The molecule has 1 atom stereocenters. The number of hydrogen-bond donors (Lipinski definition) is 1. The Hall–Kier alpha value is -1.33. The molecule has 2 heterocycles. The van der Waals surface area contributed by atoms with Crippen LogP contribution in [0.2, 0.25) is 0 Å². The molecule has 1 aromatic heterocycles. The number of rotatable bonds is 4. The van der Waals surface area contributed by atoms with Crippen LogP contribution in [0.1, 0.15) is 17.7 Å². The molecule has 4 nitrogen and oxygen atoms in total. The van der Waals surface area contributed by atoms with E-state index in [1.165, 1.54) is 16.4 Å². The standard InChI is InChI=1S/C12H15F3N4S/c1-8-10(4-16)11(20-18-8)17-5-9-2-3-19(6-9)7-12(13,14)15/h9,17H,2-3,5-7H2,1H3/t9-/m1/s1. The molecule has 2 rings (SSSR count). The molecule has 1 fully saturated rings. The van der Waals surface area contributed by atoms with Gasteiger partial charge in [0.1, 0.15) is 16.6 Å². The monoisotopic (exact) mass is 304 g/mol. The average Bonchev–Trinajstić information content (AvgIpc) is 2.91. The third-order valence-corrected chi connectivity index (χ3v) is 4.19. The summed E-state index contributed by atoms with van der Waals surface area (Å²) in [5, 5.41) is 12.8. The number of nitrogens with one attached hydrogen (secondary N) is 1. The molecule has 0 amide bonds. The fraction of sp³-hybridized carbons (Fsp3) is 0.667. The Morgan fingerprint density at radius 2 is 2.30 bits per heavy atom. The molecule has 1 N–H and O–H groups in total. The summed E-state index contributed by atoms with van der Waals surface area (Å²) in [6, 6.07) is 2.09. The van der Waals surface area contributed by atoms with Gasteiger partial charge in [0.05, 0.1) is 12.2 Å². The summed E-state index contributed by atoms with van der Waals surface area (Å²) in [5.41, 5.74) is 1.21. The van der Waals surface area contributed by atoms with Gasteiger partial charge in [-0.15, -0.1) is 0 Å².